The summed E-state index contributed by atoms with van der Waals surface area (Å²) in [4.78, 5) is 12.9. The zero-order valence-corrected chi connectivity index (χ0v) is 16.6. The van der Waals surface area contributed by atoms with E-state index in [0.29, 0.717) is 18.0 Å². The second-order valence-corrected chi connectivity index (χ2v) is 9.72. The summed E-state index contributed by atoms with van der Waals surface area (Å²) >= 11 is 0. The van der Waals surface area contributed by atoms with Gasteiger partial charge in [0.25, 0.3) is 5.91 Å². The van der Waals surface area contributed by atoms with E-state index in [1.165, 1.54) is 12.5 Å². The van der Waals surface area contributed by atoms with Gasteiger partial charge in [0.05, 0.1) is 4.90 Å². The van der Waals surface area contributed by atoms with Crippen LogP contribution in [0.15, 0.2) is 29.2 Å². The molecule has 2 fully saturated rings. The van der Waals surface area contributed by atoms with Gasteiger partial charge in [-0.1, -0.05) is 32.3 Å². The van der Waals surface area contributed by atoms with Crippen LogP contribution in [0.1, 0.15) is 69.2 Å². The lowest BCUT2D eigenvalue weighted by atomic mass is 9.86. The van der Waals surface area contributed by atoms with Crippen molar-refractivity contribution in [3.8, 4) is 0 Å². The van der Waals surface area contributed by atoms with Gasteiger partial charge >= 0.3 is 0 Å². The number of carbonyl (C=O) groups excluding carboxylic acids is 1. The van der Waals surface area contributed by atoms with Crippen LogP contribution in [-0.4, -0.2) is 37.3 Å². The first-order valence-electron chi connectivity index (χ1n) is 9.82. The van der Waals surface area contributed by atoms with Gasteiger partial charge in [0.15, 0.2) is 0 Å². The second kappa shape index (κ2) is 8.09. The van der Waals surface area contributed by atoms with Gasteiger partial charge in [-0.15, -0.1) is 0 Å². The van der Waals surface area contributed by atoms with Crippen LogP contribution in [0.3, 0.4) is 0 Å². The molecule has 1 amide bonds. The zero-order chi connectivity index (χ0) is 18.7. The third-order valence-electron chi connectivity index (χ3n) is 5.87. The number of nitrogens with one attached hydrogen (secondary N) is 1. The summed E-state index contributed by atoms with van der Waals surface area (Å²) in [5.41, 5.74) is 0.425. The summed E-state index contributed by atoms with van der Waals surface area (Å²) in [5.74, 6) is 0.293. The number of carbonyl (C=O) groups is 1. The van der Waals surface area contributed by atoms with E-state index in [-0.39, 0.29) is 22.9 Å². The van der Waals surface area contributed by atoms with E-state index in [1.807, 2.05) is 6.92 Å². The molecule has 0 radical (unpaired) electrons. The summed E-state index contributed by atoms with van der Waals surface area (Å²) in [6.07, 6.45) is 7.33. The molecule has 6 heteroatoms. The van der Waals surface area contributed by atoms with Crippen molar-refractivity contribution in [1.29, 1.82) is 0 Å². The van der Waals surface area contributed by atoms with Crippen molar-refractivity contribution in [1.82, 2.24) is 9.62 Å². The lowest BCUT2D eigenvalue weighted by Gasteiger charge is -2.32. The van der Waals surface area contributed by atoms with Crippen LogP contribution in [0.4, 0.5) is 0 Å². The molecule has 1 saturated heterocycles. The van der Waals surface area contributed by atoms with Crippen LogP contribution in [0, 0.1) is 5.92 Å². The second-order valence-electron chi connectivity index (χ2n) is 7.83. The van der Waals surface area contributed by atoms with Crippen LogP contribution >= 0.6 is 0 Å². The minimum atomic E-state index is -3.56. The summed E-state index contributed by atoms with van der Waals surface area (Å²) < 4.78 is 27.6. The van der Waals surface area contributed by atoms with Gasteiger partial charge in [0.1, 0.15) is 0 Å². The standard InChI is InChI=1S/C20H30N2O3S/c1-15-8-3-4-12-19(15)21-20(23)17-10-7-11-18(14-17)26(24,25)22-13-6-5-9-16(22)2/h7,10-11,14-16,19H,3-6,8-9,12-13H2,1-2H3,(H,21,23). The molecular formula is C20H30N2O3S. The first kappa shape index (κ1) is 19.4. The molecule has 3 unspecified atom stereocenters. The molecule has 0 spiro atoms. The molecule has 0 aromatic heterocycles. The SMILES string of the molecule is CC1CCCCC1NC(=O)c1cccc(S(=O)(=O)N2CCCCC2C)c1. The number of piperidine rings is 1. The Morgan fingerprint density at radius 2 is 1.81 bits per heavy atom. The summed E-state index contributed by atoms with van der Waals surface area (Å²) in [5, 5.41) is 3.10. The number of hydrogen-bond donors (Lipinski definition) is 1. The van der Waals surface area contributed by atoms with Gasteiger partial charge in [-0.2, -0.15) is 4.31 Å². The van der Waals surface area contributed by atoms with E-state index in [2.05, 4.69) is 12.2 Å². The monoisotopic (exact) mass is 378 g/mol. The van der Waals surface area contributed by atoms with Gasteiger partial charge in [0.2, 0.25) is 10.0 Å². The van der Waals surface area contributed by atoms with E-state index in [0.717, 1.165) is 38.5 Å². The highest BCUT2D eigenvalue weighted by molar-refractivity contribution is 7.89. The largest absolute Gasteiger partial charge is 0.349 e. The Hall–Kier alpha value is -1.40. The van der Waals surface area contributed by atoms with Crippen molar-refractivity contribution >= 4 is 15.9 Å². The van der Waals surface area contributed by atoms with Crippen molar-refractivity contribution in [3.05, 3.63) is 29.8 Å². The number of benzene rings is 1. The number of nitrogens with zero attached hydrogens (tertiary/aromatic N) is 1. The molecular weight excluding hydrogens is 348 g/mol. The average Bonchev–Trinajstić information content (AvgIpc) is 2.64. The van der Waals surface area contributed by atoms with Crippen molar-refractivity contribution in [3.63, 3.8) is 0 Å². The fourth-order valence-electron chi connectivity index (χ4n) is 4.14. The Morgan fingerprint density at radius 1 is 1.08 bits per heavy atom. The smallest absolute Gasteiger partial charge is 0.251 e. The molecule has 1 heterocycles. The molecule has 26 heavy (non-hydrogen) atoms. The van der Waals surface area contributed by atoms with Crippen molar-refractivity contribution < 1.29 is 13.2 Å². The molecule has 2 aliphatic rings. The maximum atomic E-state index is 13.0. The van der Waals surface area contributed by atoms with Gasteiger partial charge in [-0.3, -0.25) is 4.79 Å². The highest BCUT2D eigenvalue weighted by Crippen LogP contribution is 2.26. The number of hydrogen-bond acceptors (Lipinski definition) is 3. The topological polar surface area (TPSA) is 66.5 Å². The zero-order valence-electron chi connectivity index (χ0n) is 15.8. The highest BCUT2D eigenvalue weighted by atomic mass is 32.2. The van der Waals surface area contributed by atoms with Crippen LogP contribution in [-0.2, 0) is 10.0 Å². The molecule has 1 aliphatic carbocycles. The van der Waals surface area contributed by atoms with Crippen LogP contribution in [0.25, 0.3) is 0 Å². The maximum absolute atomic E-state index is 13.0. The quantitative estimate of drug-likeness (QED) is 0.871. The van der Waals surface area contributed by atoms with Gasteiger partial charge in [-0.05, 0) is 56.7 Å². The Morgan fingerprint density at radius 3 is 2.54 bits per heavy atom. The molecule has 1 aromatic carbocycles. The Labute approximate surface area is 157 Å². The fraction of sp³-hybridized carbons (Fsp3) is 0.650. The molecule has 5 nitrogen and oxygen atoms in total. The minimum absolute atomic E-state index is 0.00863. The van der Waals surface area contributed by atoms with Gasteiger partial charge in [-0.25, -0.2) is 8.42 Å². The lowest BCUT2D eigenvalue weighted by molar-refractivity contribution is 0.0910. The van der Waals surface area contributed by atoms with Crippen molar-refractivity contribution in [2.24, 2.45) is 5.92 Å². The normalized spacial score (nSPS) is 27.8. The third-order valence-corrected chi connectivity index (χ3v) is 7.88. The Balaban J connectivity index is 1.78. The summed E-state index contributed by atoms with van der Waals surface area (Å²) in [6.45, 7) is 4.68. The van der Waals surface area contributed by atoms with E-state index >= 15 is 0 Å². The van der Waals surface area contributed by atoms with E-state index in [9.17, 15) is 13.2 Å². The lowest BCUT2D eigenvalue weighted by Crippen LogP contribution is -2.42. The van der Waals surface area contributed by atoms with E-state index in [4.69, 9.17) is 0 Å². The van der Waals surface area contributed by atoms with Gasteiger partial charge < -0.3 is 5.32 Å². The molecule has 144 valence electrons. The van der Waals surface area contributed by atoms with E-state index in [1.54, 1.807) is 22.5 Å². The number of sulfonamides is 1. The molecule has 3 atom stereocenters. The summed E-state index contributed by atoms with van der Waals surface area (Å²) in [6, 6.07) is 6.67. The first-order chi connectivity index (χ1) is 12.4. The van der Waals surface area contributed by atoms with Gasteiger partial charge in [0, 0.05) is 24.2 Å². The predicted molar refractivity (Wildman–Crippen MR) is 103 cm³/mol. The fourth-order valence-corrected chi connectivity index (χ4v) is 5.89. The molecule has 0 bridgehead atoms. The van der Waals surface area contributed by atoms with Crippen LogP contribution in [0.5, 0.6) is 0 Å². The molecule has 1 N–H and O–H groups in total. The molecule has 3 rings (SSSR count). The Kier molecular flexibility index (Phi) is 6.03. The number of amides is 1. The Bertz CT molecular complexity index is 747. The van der Waals surface area contributed by atoms with E-state index < -0.39 is 10.0 Å². The van der Waals surface area contributed by atoms with Crippen molar-refractivity contribution in [2.75, 3.05) is 6.54 Å². The first-order valence-corrected chi connectivity index (χ1v) is 11.3. The average molecular weight is 379 g/mol. The molecule has 1 aliphatic heterocycles. The van der Waals surface area contributed by atoms with Crippen LogP contribution < -0.4 is 5.32 Å². The maximum Gasteiger partial charge on any atom is 0.251 e. The van der Waals surface area contributed by atoms with Crippen molar-refractivity contribution in [2.45, 2.75) is 75.8 Å². The summed E-state index contributed by atoms with van der Waals surface area (Å²) in [7, 11) is -3.56. The third kappa shape index (κ3) is 4.12. The minimum Gasteiger partial charge on any atom is -0.349 e. The van der Waals surface area contributed by atoms with Crippen LogP contribution in [0.2, 0.25) is 0 Å². The predicted octanol–water partition coefficient (Wildman–Crippen LogP) is 3.56. The molecule has 1 saturated carbocycles. The molecule has 1 aromatic rings. The highest BCUT2D eigenvalue weighted by Gasteiger charge is 2.31. The number of rotatable bonds is 4.